The maximum absolute atomic E-state index is 5.77. The number of ether oxygens (including phenoxy) is 1. The van der Waals surface area contributed by atoms with E-state index in [9.17, 15) is 0 Å². The third-order valence-corrected chi connectivity index (χ3v) is 3.40. The first-order chi connectivity index (χ1) is 8.72. The van der Waals surface area contributed by atoms with E-state index < -0.39 is 0 Å². The Morgan fingerprint density at radius 2 is 2.00 bits per heavy atom. The van der Waals surface area contributed by atoms with Gasteiger partial charge in [-0.05, 0) is 37.6 Å². The molecule has 1 aromatic carbocycles. The zero-order valence-electron chi connectivity index (χ0n) is 10.7. The zero-order chi connectivity index (χ0) is 13.0. The van der Waals surface area contributed by atoms with Crippen LogP contribution in [-0.4, -0.2) is 9.78 Å². The van der Waals surface area contributed by atoms with Crippen LogP contribution in [0.5, 0.6) is 5.75 Å². The van der Waals surface area contributed by atoms with E-state index in [4.69, 9.17) is 4.74 Å². The number of hydrogen-bond acceptors (Lipinski definition) is 2. The van der Waals surface area contributed by atoms with Crippen molar-refractivity contribution >= 4 is 15.9 Å². The van der Waals surface area contributed by atoms with Crippen LogP contribution in [0.2, 0.25) is 0 Å². The highest BCUT2D eigenvalue weighted by Gasteiger charge is 2.04. The number of halogens is 1. The number of hydrogen-bond donors (Lipinski definition) is 0. The molecule has 0 fully saturated rings. The second kappa shape index (κ2) is 6.05. The molecular formula is C14H17BrN2O. The van der Waals surface area contributed by atoms with Crippen LogP contribution in [0, 0.1) is 6.92 Å². The van der Waals surface area contributed by atoms with Gasteiger partial charge in [0.1, 0.15) is 12.4 Å². The molecule has 0 N–H and O–H groups in total. The molecule has 0 atom stereocenters. The van der Waals surface area contributed by atoms with Crippen LogP contribution < -0.4 is 4.74 Å². The normalized spacial score (nSPS) is 10.6. The van der Waals surface area contributed by atoms with Crippen molar-refractivity contribution in [2.45, 2.75) is 32.3 Å². The Hall–Kier alpha value is -1.29. The molecule has 1 aromatic heterocycles. The largest absolute Gasteiger partial charge is 0.487 e. The van der Waals surface area contributed by atoms with Crippen LogP contribution in [-0.2, 0) is 18.5 Å². The standard InChI is InChI=1S/C14H17BrN2O/c1-3-17-13(8-11(2)16-17)10-18-14-6-4-12(9-15)5-7-14/h4-8H,3,9-10H2,1-2H3. The number of nitrogens with zero attached hydrogens (tertiary/aromatic N) is 2. The molecule has 0 saturated carbocycles. The topological polar surface area (TPSA) is 27.1 Å². The van der Waals surface area contributed by atoms with Crippen molar-refractivity contribution in [1.29, 1.82) is 0 Å². The average molecular weight is 309 g/mol. The molecule has 0 amide bonds. The predicted molar refractivity (Wildman–Crippen MR) is 76.0 cm³/mol. The van der Waals surface area contributed by atoms with E-state index in [1.165, 1.54) is 5.56 Å². The Kier molecular flexibility index (Phi) is 4.42. The molecule has 1 heterocycles. The summed E-state index contributed by atoms with van der Waals surface area (Å²) in [5.41, 5.74) is 3.39. The zero-order valence-corrected chi connectivity index (χ0v) is 12.3. The fraction of sp³-hybridized carbons (Fsp3) is 0.357. The van der Waals surface area contributed by atoms with E-state index in [0.717, 1.165) is 29.0 Å². The van der Waals surface area contributed by atoms with Crippen molar-refractivity contribution in [3.05, 3.63) is 47.3 Å². The van der Waals surface area contributed by atoms with Crippen LogP contribution >= 0.6 is 15.9 Å². The van der Waals surface area contributed by atoms with Crippen molar-refractivity contribution in [1.82, 2.24) is 9.78 Å². The molecule has 2 rings (SSSR count). The van der Waals surface area contributed by atoms with E-state index in [2.05, 4.69) is 46.2 Å². The molecule has 0 bridgehead atoms. The summed E-state index contributed by atoms with van der Waals surface area (Å²) in [7, 11) is 0. The lowest BCUT2D eigenvalue weighted by Crippen LogP contribution is -2.06. The first kappa shape index (κ1) is 13.1. The number of aryl methyl sites for hydroxylation is 2. The summed E-state index contributed by atoms with van der Waals surface area (Å²) in [6.45, 7) is 5.51. The van der Waals surface area contributed by atoms with Crippen LogP contribution in [0.4, 0.5) is 0 Å². The van der Waals surface area contributed by atoms with Crippen molar-refractivity contribution in [2.24, 2.45) is 0 Å². The Bertz CT molecular complexity index is 505. The fourth-order valence-electron chi connectivity index (χ4n) is 1.82. The minimum absolute atomic E-state index is 0.558. The smallest absolute Gasteiger partial charge is 0.130 e. The van der Waals surface area contributed by atoms with Gasteiger partial charge in [-0.2, -0.15) is 5.10 Å². The van der Waals surface area contributed by atoms with Gasteiger partial charge in [0, 0.05) is 11.9 Å². The van der Waals surface area contributed by atoms with Gasteiger partial charge in [0.15, 0.2) is 0 Å². The third-order valence-electron chi connectivity index (χ3n) is 2.75. The summed E-state index contributed by atoms with van der Waals surface area (Å²) in [6.07, 6.45) is 0. The summed E-state index contributed by atoms with van der Waals surface area (Å²) in [5.74, 6) is 0.890. The first-order valence-corrected chi connectivity index (χ1v) is 7.16. The maximum Gasteiger partial charge on any atom is 0.130 e. The van der Waals surface area contributed by atoms with Gasteiger partial charge in [0.05, 0.1) is 11.4 Å². The minimum atomic E-state index is 0.558. The van der Waals surface area contributed by atoms with E-state index in [-0.39, 0.29) is 0 Å². The van der Waals surface area contributed by atoms with Gasteiger partial charge in [0.2, 0.25) is 0 Å². The molecule has 3 nitrogen and oxygen atoms in total. The molecule has 0 aliphatic heterocycles. The van der Waals surface area contributed by atoms with E-state index >= 15 is 0 Å². The Morgan fingerprint density at radius 3 is 2.61 bits per heavy atom. The van der Waals surface area contributed by atoms with Crippen molar-refractivity contribution < 1.29 is 4.74 Å². The number of alkyl halides is 1. The van der Waals surface area contributed by atoms with Gasteiger partial charge in [-0.1, -0.05) is 28.1 Å². The Labute approximate surface area is 116 Å². The Balaban J connectivity index is 2.01. The van der Waals surface area contributed by atoms with Crippen LogP contribution in [0.25, 0.3) is 0 Å². The van der Waals surface area contributed by atoms with Gasteiger partial charge in [0.25, 0.3) is 0 Å². The maximum atomic E-state index is 5.77. The van der Waals surface area contributed by atoms with Gasteiger partial charge >= 0.3 is 0 Å². The van der Waals surface area contributed by atoms with Crippen LogP contribution in [0.15, 0.2) is 30.3 Å². The fourth-order valence-corrected chi connectivity index (χ4v) is 2.19. The highest BCUT2D eigenvalue weighted by Crippen LogP contribution is 2.16. The highest BCUT2D eigenvalue weighted by atomic mass is 79.9. The van der Waals surface area contributed by atoms with Crippen molar-refractivity contribution in [2.75, 3.05) is 0 Å². The second-order valence-corrected chi connectivity index (χ2v) is 4.72. The third kappa shape index (κ3) is 3.13. The van der Waals surface area contributed by atoms with Gasteiger partial charge in [-0.25, -0.2) is 0 Å². The lowest BCUT2D eigenvalue weighted by molar-refractivity contribution is 0.292. The van der Waals surface area contributed by atoms with E-state index in [1.807, 2.05) is 23.7 Å². The lowest BCUT2D eigenvalue weighted by atomic mass is 10.2. The minimum Gasteiger partial charge on any atom is -0.487 e. The number of rotatable bonds is 5. The molecule has 0 spiro atoms. The second-order valence-electron chi connectivity index (χ2n) is 4.16. The quantitative estimate of drug-likeness (QED) is 0.788. The molecule has 18 heavy (non-hydrogen) atoms. The van der Waals surface area contributed by atoms with Crippen LogP contribution in [0.3, 0.4) is 0 Å². The molecule has 0 unspecified atom stereocenters. The molecule has 0 radical (unpaired) electrons. The molecule has 4 heteroatoms. The molecule has 0 aliphatic carbocycles. The molecule has 96 valence electrons. The SMILES string of the molecule is CCn1nc(C)cc1COc1ccc(CBr)cc1. The summed E-state index contributed by atoms with van der Waals surface area (Å²) in [5, 5.41) is 5.27. The summed E-state index contributed by atoms with van der Waals surface area (Å²) >= 11 is 3.43. The monoisotopic (exact) mass is 308 g/mol. The van der Waals surface area contributed by atoms with E-state index in [0.29, 0.717) is 6.61 Å². The lowest BCUT2D eigenvalue weighted by Gasteiger charge is -2.08. The first-order valence-electron chi connectivity index (χ1n) is 6.04. The van der Waals surface area contributed by atoms with Crippen molar-refractivity contribution in [3.63, 3.8) is 0 Å². The average Bonchev–Trinajstić information content (AvgIpc) is 2.77. The Morgan fingerprint density at radius 1 is 1.28 bits per heavy atom. The van der Waals surface area contributed by atoms with Gasteiger partial charge < -0.3 is 4.74 Å². The van der Waals surface area contributed by atoms with Crippen molar-refractivity contribution in [3.8, 4) is 5.75 Å². The predicted octanol–water partition coefficient (Wildman–Crippen LogP) is 3.69. The van der Waals surface area contributed by atoms with Gasteiger partial charge in [-0.3, -0.25) is 4.68 Å². The summed E-state index contributed by atoms with van der Waals surface area (Å²) < 4.78 is 7.75. The van der Waals surface area contributed by atoms with E-state index in [1.54, 1.807) is 0 Å². The summed E-state index contributed by atoms with van der Waals surface area (Å²) in [6, 6.07) is 10.2. The van der Waals surface area contributed by atoms with Gasteiger partial charge in [-0.15, -0.1) is 0 Å². The molecule has 0 aliphatic rings. The molecular weight excluding hydrogens is 292 g/mol. The summed E-state index contributed by atoms with van der Waals surface area (Å²) in [4.78, 5) is 0. The highest BCUT2D eigenvalue weighted by molar-refractivity contribution is 9.08. The number of benzene rings is 1. The number of aromatic nitrogens is 2. The van der Waals surface area contributed by atoms with Crippen LogP contribution in [0.1, 0.15) is 23.9 Å². The molecule has 2 aromatic rings. The molecule has 0 saturated heterocycles.